The number of ketones is 1. The monoisotopic (exact) mass is 593 g/mol. The van der Waals surface area contributed by atoms with Gasteiger partial charge in [-0.2, -0.15) is 0 Å². The average molecular weight is 595 g/mol. The summed E-state index contributed by atoms with van der Waals surface area (Å²) in [5, 5.41) is 2.99. The van der Waals surface area contributed by atoms with E-state index in [9.17, 15) is 9.59 Å². The molecule has 0 aliphatic carbocycles. The highest BCUT2D eigenvalue weighted by atomic mass is 79.9. The summed E-state index contributed by atoms with van der Waals surface area (Å²) < 4.78 is 7.69. The number of carbonyl (C=O) groups is 2. The summed E-state index contributed by atoms with van der Waals surface area (Å²) in [6.45, 7) is 2.30. The van der Waals surface area contributed by atoms with E-state index >= 15 is 0 Å². The molecule has 0 fully saturated rings. The Morgan fingerprint density at radius 1 is 1.14 bits per heavy atom. The van der Waals surface area contributed by atoms with Crippen LogP contribution in [0.25, 0.3) is 0 Å². The van der Waals surface area contributed by atoms with E-state index in [1.54, 1.807) is 24.5 Å². The number of pyridine rings is 1. The second kappa shape index (κ2) is 9.79. The van der Waals surface area contributed by atoms with Crippen molar-refractivity contribution in [2.45, 2.75) is 19.4 Å². The Kier molecular flexibility index (Phi) is 6.58. The highest BCUT2D eigenvalue weighted by Gasteiger charge is 2.35. The zero-order valence-corrected chi connectivity index (χ0v) is 22.0. The maximum atomic E-state index is 13.3. The van der Waals surface area contributed by atoms with Crippen LogP contribution in [-0.2, 0) is 6.42 Å². The number of anilines is 1. The number of aryl methyl sites for hydroxylation is 1. The smallest absolute Gasteiger partial charge is 0.251 e. The predicted molar refractivity (Wildman–Crippen MR) is 142 cm³/mol. The van der Waals surface area contributed by atoms with E-state index in [2.05, 4.69) is 49.1 Å². The Hall–Kier alpha value is -3.23. The van der Waals surface area contributed by atoms with Crippen molar-refractivity contribution < 1.29 is 14.3 Å². The third-order valence-corrected chi connectivity index (χ3v) is 6.96. The molecular weight excluding hydrogens is 574 g/mol. The van der Waals surface area contributed by atoms with Gasteiger partial charge in [0.05, 0.1) is 22.2 Å². The van der Waals surface area contributed by atoms with Crippen LogP contribution in [-0.4, -0.2) is 29.3 Å². The minimum atomic E-state index is -0.557. The summed E-state index contributed by atoms with van der Waals surface area (Å²) in [6.07, 6.45) is 5.65. The van der Waals surface area contributed by atoms with E-state index in [-0.39, 0.29) is 18.2 Å². The maximum Gasteiger partial charge on any atom is 0.251 e. The molecule has 0 saturated heterocycles. The van der Waals surface area contributed by atoms with Crippen molar-refractivity contribution in [2.75, 3.05) is 11.4 Å². The molecule has 0 bridgehead atoms. The van der Waals surface area contributed by atoms with Crippen LogP contribution in [0.3, 0.4) is 0 Å². The fourth-order valence-electron chi connectivity index (χ4n) is 4.07. The largest absolute Gasteiger partial charge is 0.481 e. The summed E-state index contributed by atoms with van der Waals surface area (Å²) >= 11 is 7.01. The summed E-state index contributed by atoms with van der Waals surface area (Å²) in [5.41, 5.74) is 3.53. The number of Topliss-reactive ketones (excluding diaryl/α,β-unsaturated/α-hetero) is 1. The van der Waals surface area contributed by atoms with Gasteiger partial charge in [-0.1, -0.05) is 31.2 Å². The Bertz CT molecular complexity index is 1380. The van der Waals surface area contributed by atoms with E-state index in [0.717, 1.165) is 21.1 Å². The molecule has 35 heavy (non-hydrogen) atoms. The van der Waals surface area contributed by atoms with Crippen LogP contribution in [0, 0.1) is 0 Å². The standard InChI is InChI=1S/C27H21Br2N3O3/c1-2-16-7-9-17(10-8-16)27(34)31-14-19-12-24-21(25(33)20-5-3-4-6-23(20)35-24)15-32(19)26-22(29)11-18(28)13-30-26/h3-13,15,24H,2,14H2,1H3,(H,31,34)/t24-/m0/s1. The zero-order chi connectivity index (χ0) is 24.5. The fourth-order valence-corrected chi connectivity index (χ4v) is 5.24. The third kappa shape index (κ3) is 4.68. The fraction of sp³-hybridized carbons (Fsp3) is 0.148. The quantitative estimate of drug-likeness (QED) is 0.402. The van der Waals surface area contributed by atoms with Gasteiger partial charge in [0.1, 0.15) is 11.9 Å². The molecule has 6 nitrogen and oxygen atoms in total. The molecule has 3 heterocycles. The normalized spacial score (nSPS) is 16.5. The van der Waals surface area contributed by atoms with E-state index < -0.39 is 6.10 Å². The number of ether oxygens (including phenoxy) is 1. The number of amides is 1. The topological polar surface area (TPSA) is 71.5 Å². The van der Waals surface area contributed by atoms with Crippen LogP contribution in [0.5, 0.6) is 5.75 Å². The first-order valence-corrected chi connectivity index (χ1v) is 12.7. The van der Waals surface area contributed by atoms with Crippen molar-refractivity contribution in [3.8, 4) is 5.75 Å². The molecule has 2 aromatic carbocycles. The van der Waals surface area contributed by atoms with Crippen LogP contribution in [0.4, 0.5) is 5.82 Å². The number of carbonyl (C=O) groups excluding carboxylic acids is 2. The maximum absolute atomic E-state index is 13.3. The van der Waals surface area contributed by atoms with Gasteiger partial charge in [-0.15, -0.1) is 0 Å². The third-order valence-electron chi connectivity index (χ3n) is 5.95. The molecule has 0 spiro atoms. The summed E-state index contributed by atoms with van der Waals surface area (Å²) in [7, 11) is 0. The first-order valence-electron chi connectivity index (χ1n) is 11.1. The van der Waals surface area contributed by atoms with Crippen molar-refractivity contribution in [3.63, 3.8) is 0 Å². The van der Waals surface area contributed by atoms with Crippen LogP contribution < -0.4 is 15.0 Å². The molecule has 2 aliphatic heterocycles. The number of aromatic nitrogens is 1. The Labute approximate surface area is 220 Å². The van der Waals surface area contributed by atoms with E-state index in [4.69, 9.17) is 4.74 Å². The van der Waals surface area contributed by atoms with Crippen LogP contribution in [0.15, 0.2) is 93.3 Å². The first-order chi connectivity index (χ1) is 16.9. The number of para-hydroxylation sites is 1. The number of benzene rings is 2. The number of hydrogen-bond acceptors (Lipinski definition) is 5. The van der Waals surface area contributed by atoms with Gasteiger partial charge >= 0.3 is 0 Å². The van der Waals surface area contributed by atoms with Crippen LogP contribution in [0.2, 0.25) is 0 Å². The van der Waals surface area contributed by atoms with Crippen LogP contribution in [0.1, 0.15) is 33.2 Å². The molecular formula is C27H21Br2N3O3. The highest BCUT2D eigenvalue weighted by molar-refractivity contribution is 9.11. The second-order valence-corrected chi connectivity index (χ2v) is 9.94. The van der Waals surface area contributed by atoms with E-state index in [0.29, 0.717) is 28.3 Å². The van der Waals surface area contributed by atoms with Gasteiger partial charge in [0.15, 0.2) is 11.6 Å². The Morgan fingerprint density at radius 3 is 2.66 bits per heavy atom. The van der Waals surface area contributed by atoms with Gasteiger partial charge in [-0.05, 0) is 80.3 Å². The lowest BCUT2D eigenvalue weighted by molar-refractivity contribution is 0.0950. The van der Waals surface area contributed by atoms with Crippen molar-refractivity contribution in [3.05, 3.63) is 110 Å². The number of halogens is 2. The molecule has 1 atom stereocenters. The number of fused-ring (bicyclic) bond motifs is 2. The van der Waals surface area contributed by atoms with E-state index in [1.165, 1.54) is 5.56 Å². The Morgan fingerprint density at radius 2 is 1.91 bits per heavy atom. The summed E-state index contributed by atoms with van der Waals surface area (Å²) in [6, 6.07) is 16.7. The van der Waals surface area contributed by atoms with Gasteiger partial charge < -0.3 is 15.0 Å². The zero-order valence-electron chi connectivity index (χ0n) is 18.8. The van der Waals surface area contributed by atoms with E-state index in [1.807, 2.05) is 53.4 Å². The molecule has 176 valence electrons. The summed E-state index contributed by atoms with van der Waals surface area (Å²) in [4.78, 5) is 32.5. The van der Waals surface area contributed by atoms with Crippen LogP contribution >= 0.6 is 31.9 Å². The molecule has 0 unspecified atom stereocenters. The first kappa shape index (κ1) is 23.5. The molecule has 0 saturated carbocycles. The minimum Gasteiger partial charge on any atom is -0.481 e. The van der Waals surface area contributed by atoms with Gasteiger partial charge in [0.2, 0.25) is 0 Å². The lowest BCUT2D eigenvalue weighted by Gasteiger charge is -2.34. The van der Waals surface area contributed by atoms with Gasteiger partial charge in [-0.25, -0.2) is 4.98 Å². The van der Waals surface area contributed by atoms with Crippen molar-refractivity contribution in [1.82, 2.24) is 10.3 Å². The van der Waals surface area contributed by atoms with Crippen molar-refractivity contribution >= 4 is 49.4 Å². The second-order valence-electron chi connectivity index (χ2n) is 8.17. The van der Waals surface area contributed by atoms with Gasteiger partial charge in [0.25, 0.3) is 5.91 Å². The molecule has 5 rings (SSSR count). The highest BCUT2D eigenvalue weighted by Crippen LogP contribution is 2.37. The summed E-state index contributed by atoms with van der Waals surface area (Å²) in [5.74, 6) is 0.868. The van der Waals surface area contributed by atoms with Gasteiger partial charge in [-0.3, -0.25) is 9.59 Å². The minimum absolute atomic E-state index is 0.0922. The molecule has 0 radical (unpaired) electrons. The predicted octanol–water partition coefficient (Wildman–Crippen LogP) is 5.83. The molecule has 8 heteroatoms. The van der Waals surface area contributed by atoms with Crippen molar-refractivity contribution in [2.24, 2.45) is 0 Å². The molecule has 1 amide bonds. The van der Waals surface area contributed by atoms with Crippen molar-refractivity contribution in [1.29, 1.82) is 0 Å². The molecule has 2 aliphatic rings. The molecule has 1 N–H and O–H groups in total. The lowest BCUT2D eigenvalue weighted by atomic mass is 9.93. The molecule has 3 aromatic rings. The molecule has 1 aromatic heterocycles. The van der Waals surface area contributed by atoms with Gasteiger partial charge in [0, 0.05) is 28.1 Å². The Balaban J connectivity index is 1.47. The SMILES string of the molecule is CCc1ccc(C(=O)NCC2=C[C@@H]3Oc4ccccc4C(=O)C3=CN2c2ncc(Br)cc2Br)cc1. The number of hydrogen-bond donors (Lipinski definition) is 1. The number of nitrogens with one attached hydrogen (secondary N) is 1. The number of nitrogens with zero attached hydrogens (tertiary/aromatic N) is 2. The number of rotatable bonds is 5. The average Bonchev–Trinajstić information content (AvgIpc) is 2.87. The lowest BCUT2D eigenvalue weighted by Crippen LogP contribution is -2.39.